The number of alkyl halides is 3. The van der Waals surface area contributed by atoms with Gasteiger partial charge in [-0.05, 0) is 30.7 Å². The molecule has 2 aromatic rings. The minimum absolute atomic E-state index is 0.0244. The fourth-order valence-corrected chi connectivity index (χ4v) is 4.45. The van der Waals surface area contributed by atoms with Gasteiger partial charge in [-0.15, -0.1) is 0 Å². The summed E-state index contributed by atoms with van der Waals surface area (Å²) < 4.78 is 47.7. The number of halogens is 5. The van der Waals surface area contributed by atoms with E-state index in [0.717, 1.165) is 24.3 Å². The summed E-state index contributed by atoms with van der Waals surface area (Å²) in [6.45, 7) is 4.20. The van der Waals surface area contributed by atoms with E-state index in [1.807, 2.05) is 0 Å². The molecule has 2 aliphatic rings. The predicted molar refractivity (Wildman–Crippen MR) is 119 cm³/mol. The van der Waals surface area contributed by atoms with Crippen LogP contribution in [-0.2, 0) is 4.74 Å². The largest absolute Gasteiger partial charge is 0.410 e. The molecule has 1 aromatic carbocycles. The molecule has 1 saturated heterocycles. The molecule has 2 aliphatic heterocycles. The number of morpholine rings is 1. The molecule has 0 aliphatic carbocycles. The number of nitrogens with zero attached hydrogens (tertiary/aromatic N) is 3. The summed E-state index contributed by atoms with van der Waals surface area (Å²) in [4.78, 5) is 14.9. The first-order chi connectivity index (χ1) is 15.7. The molecule has 1 aromatic heterocycles. The first-order valence-electron chi connectivity index (χ1n) is 10.7. The number of carbonyl (C=O) groups excluding carboxylic acids is 1. The molecule has 1 fully saturated rings. The van der Waals surface area contributed by atoms with Crippen LogP contribution in [0.5, 0.6) is 0 Å². The van der Waals surface area contributed by atoms with Gasteiger partial charge in [0.2, 0.25) is 0 Å². The van der Waals surface area contributed by atoms with E-state index in [-0.39, 0.29) is 23.0 Å². The molecule has 0 bridgehead atoms. The SMILES string of the molecule is O=C(NCCCN1CCOCC1)c1nn2c(c1Cl)N[C@@H](c1ccc(Cl)cc1)C[C@@H]2C(F)(F)F. The molecule has 2 N–H and O–H groups in total. The summed E-state index contributed by atoms with van der Waals surface area (Å²) in [5.74, 6) is -0.627. The molecular formula is C21H24Cl2F3N5O2. The maximum Gasteiger partial charge on any atom is 0.410 e. The summed E-state index contributed by atoms with van der Waals surface area (Å²) in [6, 6.07) is 3.97. The van der Waals surface area contributed by atoms with Gasteiger partial charge in [0.15, 0.2) is 11.7 Å². The van der Waals surface area contributed by atoms with Gasteiger partial charge in [-0.25, -0.2) is 4.68 Å². The smallest absolute Gasteiger partial charge is 0.379 e. The predicted octanol–water partition coefficient (Wildman–Crippen LogP) is 4.30. The summed E-state index contributed by atoms with van der Waals surface area (Å²) in [5.41, 5.74) is 0.405. The Balaban J connectivity index is 1.48. The van der Waals surface area contributed by atoms with E-state index >= 15 is 0 Å². The molecule has 1 amide bonds. The molecule has 0 radical (unpaired) electrons. The van der Waals surface area contributed by atoms with Crippen molar-refractivity contribution in [3.63, 3.8) is 0 Å². The Kier molecular flexibility index (Phi) is 7.37. The Labute approximate surface area is 199 Å². The molecule has 7 nitrogen and oxygen atoms in total. The number of fused-ring (bicyclic) bond motifs is 1. The fraction of sp³-hybridized carbons (Fsp3) is 0.524. The normalized spacial score (nSPS) is 21.4. The number of benzene rings is 1. The summed E-state index contributed by atoms with van der Waals surface area (Å²) in [6.07, 6.45) is -4.17. The zero-order chi connectivity index (χ0) is 23.6. The van der Waals surface area contributed by atoms with Crippen LogP contribution in [0.15, 0.2) is 24.3 Å². The van der Waals surface area contributed by atoms with Crippen LogP contribution in [0.4, 0.5) is 19.0 Å². The van der Waals surface area contributed by atoms with E-state index in [1.54, 1.807) is 24.3 Å². The van der Waals surface area contributed by atoms with Crippen molar-refractivity contribution in [2.45, 2.75) is 31.1 Å². The van der Waals surface area contributed by atoms with Crippen molar-refractivity contribution < 1.29 is 22.7 Å². The molecule has 4 rings (SSSR count). The number of hydrogen-bond acceptors (Lipinski definition) is 5. The molecule has 0 unspecified atom stereocenters. The van der Waals surface area contributed by atoms with Crippen molar-refractivity contribution in [3.05, 3.63) is 45.6 Å². The number of nitrogens with one attached hydrogen (secondary N) is 2. The lowest BCUT2D eigenvalue weighted by Crippen LogP contribution is -2.38. The molecule has 3 heterocycles. The number of ether oxygens (including phenoxy) is 1. The minimum atomic E-state index is -4.57. The van der Waals surface area contributed by atoms with Crippen LogP contribution in [0.25, 0.3) is 0 Å². The van der Waals surface area contributed by atoms with E-state index in [2.05, 4.69) is 20.6 Å². The van der Waals surface area contributed by atoms with Crippen LogP contribution < -0.4 is 10.6 Å². The molecule has 0 spiro atoms. The zero-order valence-electron chi connectivity index (χ0n) is 17.7. The van der Waals surface area contributed by atoms with Gasteiger partial charge < -0.3 is 15.4 Å². The Morgan fingerprint density at radius 3 is 2.58 bits per heavy atom. The zero-order valence-corrected chi connectivity index (χ0v) is 19.2. The van der Waals surface area contributed by atoms with E-state index in [1.165, 1.54) is 0 Å². The number of anilines is 1. The van der Waals surface area contributed by atoms with Gasteiger partial charge >= 0.3 is 6.18 Å². The van der Waals surface area contributed by atoms with Gasteiger partial charge in [0, 0.05) is 31.1 Å². The Hall–Kier alpha value is -2.01. The maximum absolute atomic E-state index is 13.9. The van der Waals surface area contributed by atoms with Crippen molar-refractivity contribution in [2.24, 2.45) is 0 Å². The van der Waals surface area contributed by atoms with E-state index in [9.17, 15) is 18.0 Å². The van der Waals surface area contributed by atoms with Gasteiger partial charge in [-0.2, -0.15) is 18.3 Å². The molecular weight excluding hydrogens is 482 g/mol. The lowest BCUT2D eigenvalue weighted by molar-refractivity contribution is -0.173. The Bertz CT molecular complexity index is 978. The Morgan fingerprint density at radius 2 is 1.91 bits per heavy atom. The summed E-state index contributed by atoms with van der Waals surface area (Å²) >= 11 is 12.3. The lowest BCUT2D eigenvalue weighted by Gasteiger charge is -2.33. The van der Waals surface area contributed by atoms with Crippen LogP contribution in [0, 0.1) is 0 Å². The number of amides is 1. The molecule has 0 saturated carbocycles. The van der Waals surface area contributed by atoms with Gasteiger partial charge in [0.25, 0.3) is 5.91 Å². The van der Waals surface area contributed by atoms with Crippen LogP contribution in [0.1, 0.15) is 41.0 Å². The quantitative estimate of drug-likeness (QED) is 0.572. The average Bonchev–Trinajstić information content (AvgIpc) is 3.13. The lowest BCUT2D eigenvalue weighted by atomic mass is 9.97. The highest BCUT2D eigenvalue weighted by Crippen LogP contribution is 2.46. The molecule has 180 valence electrons. The molecule has 2 atom stereocenters. The number of aromatic nitrogens is 2. The third kappa shape index (κ3) is 5.56. The van der Waals surface area contributed by atoms with Crippen molar-refractivity contribution in [1.82, 2.24) is 20.0 Å². The highest BCUT2D eigenvalue weighted by atomic mass is 35.5. The highest BCUT2D eigenvalue weighted by molar-refractivity contribution is 6.36. The summed E-state index contributed by atoms with van der Waals surface area (Å²) in [7, 11) is 0. The second kappa shape index (κ2) is 10.1. The van der Waals surface area contributed by atoms with Gasteiger partial charge in [-0.1, -0.05) is 35.3 Å². The van der Waals surface area contributed by atoms with E-state index in [0.29, 0.717) is 36.8 Å². The third-order valence-corrected chi connectivity index (χ3v) is 6.43. The van der Waals surface area contributed by atoms with Crippen molar-refractivity contribution >= 4 is 34.9 Å². The minimum Gasteiger partial charge on any atom is -0.379 e. The van der Waals surface area contributed by atoms with Crippen LogP contribution >= 0.6 is 23.2 Å². The first-order valence-corrected chi connectivity index (χ1v) is 11.4. The number of carbonyl (C=O) groups is 1. The van der Waals surface area contributed by atoms with Crippen molar-refractivity contribution in [2.75, 3.05) is 44.7 Å². The first kappa shape index (κ1) is 24.1. The van der Waals surface area contributed by atoms with Crippen LogP contribution in [0.3, 0.4) is 0 Å². The number of rotatable bonds is 6. The molecule has 33 heavy (non-hydrogen) atoms. The van der Waals surface area contributed by atoms with Crippen molar-refractivity contribution in [1.29, 1.82) is 0 Å². The van der Waals surface area contributed by atoms with Gasteiger partial charge in [0.05, 0.1) is 19.3 Å². The highest BCUT2D eigenvalue weighted by Gasteiger charge is 2.47. The van der Waals surface area contributed by atoms with E-state index in [4.69, 9.17) is 27.9 Å². The maximum atomic E-state index is 13.9. The van der Waals surface area contributed by atoms with Gasteiger partial charge in [-0.3, -0.25) is 9.69 Å². The fourth-order valence-electron chi connectivity index (χ4n) is 4.06. The van der Waals surface area contributed by atoms with Crippen LogP contribution in [0.2, 0.25) is 10.0 Å². The van der Waals surface area contributed by atoms with E-state index < -0.39 is 24.2 Å². The standard InChI is InChI=1S/C21H24Cl2F3N5O2/c22-14-4-2-13(3-5-14)15-12-16(21(24,25)26)31-19(28-15)17(23)18(29-31)20(32)27-6-1-7-30-8-10-33-11-9-30/h2-5,15-16,28H,1,6-12H2,(H,27,32)/t15-,16-/m1/s1. The van der Waals surface area contributed by atoms with Crippen LogP contribution in [-0.4, -0.2) is 66.2 Å². The molecule has 12 heteroatoms. The Morgan fingerprint density at radius 1 is 1.21 bits per heavy atom. The third-order valence-electron chi connectivity index (χ3n) is 5.82. The topological polar surface area (TPSA) is 71.4 Å². The van der Waals surface area contributed by atoms with Gasteiger partial charge in [0.1, 0.15) is 10.8 Å². The number of hydrogen-bond donors (Lipinski definition) is 2. The second-order valence-electron chi connectivity index (χ2n) is 8.06. The monoisotopic (exact) mass is 505 g/mol. The second-order valence-corrected chi connectivity index (χ2v) is 8.88. The summed E-state index contributed by atoms with van der Waals surface area (Å²) in [5, 5.41) is 10.0. The average molecular weight is 506 g/mol. The van der Waals surface area contributed by atoms with Crippen molar-refractivity contribution in [3.8, 4) is 0 Å².